The van der Waals surface area contributed by atoms with E-state index in [4.69, 9.17) is 0 Å². The third-order valence-corrected chi connectivity index (χ3v) is 3.92. The third kappa shape index (κ3) is 3.46. The van der Waals surface area contributed by atoms with Crippen LogP contribution in [0.5, 0.6) is 0 Å². The highest BCUT2D eigenvalue weighted by atomic mass is 16.1. The van der Waals surface area contributed by atoms with Gasteiger partial charge >= 0.3 is 0 Å². The lowest BCUT2D eigenvalue weighted by molar-refractivity contribution is 0.104. The number of nitrogens with zero attached hydrogens (tertiary/aromatic N) is 1. The molecule has 0 atom stereocenters. The predicted molar refractivity (Wildman–Crippen MR) is 102 cm³/mol. The smallest absolute Gasteiger partial charge is 0.187 e. The minimum atomic E-state index is -0.00999. The van der Waals surface area contributed by atoms with Crippen molar-refractivity contribution in [3.8, 4) is 0 Å². The highest BCUT2D eigenvalue weighted by Crippen LogP contribution is 2.19. The Morgan fingerprint density at radius 3 is 2.38 bits per heavy atom. The molecule has 3 aromatic rings. The van der Waals surface area contributed by atoms with Gasteiger partial charge < -0.3 is 10.2 Å². The minimum Gasteiger partial charge on any atom is -0.378 e. The number of nitrogens with one attached hydrogen (secondary N) is 1. The first kappa shape index (κ1) is 15.8. The molecule has 3 heteroatoms. The van der Waals surface area contributed by atoms with Gasteiger partial charge in [-0.3, -0.25) is 4.79 Å². The van der Waals surface area contributed by atoms with Crippen molar-refractivity contribution in [3.05, 3.63) is 84.6 Å². The van der Waals surface area contributed by atoms with Crippen molar-refractivity contribution in [3.63, 3.8) is 0 Å². The van der Waals surface area contributed by atoms with Crippen LogP contribution < -0.4 is 10.2 Å². The van der Waals surface area contributed by atoms with Crippen molar-refractivity contribution in [2.45, 2.75) is 0 Å². The van der Waals surface area contributed by atoms with E-state index in [0.717, 1.165) is 22.1 Å². The number of allylic oxidation sites excluding steroid dienone is 1. The van der Waals surface area contributed by atoms with Gasteiger partial charge in [0.1, 0.15) is 0 Å². The Hall–Kier alpha value is -3.07. The number of hydrogen-bond acceptors (Lipinski definition) is 3. The van der Waals surface area contributed by atoms with Gasteiger partial charge in [-0.15, -0.1) is 0 Å². The molecule has 0 aromatic heterocycles. The number of anilines is 2. The summed E-state index contributed by atoms with van der Waals surface area (Å²) in [5, 5.41) is 5.19. The molecule has 0 radical (unpaired) electrons. The first-order chi connectivity index (χ1) is 11.6. The molecule has 0 unspecified atom stereocenters. The van der Waals surface area contributed by atoms with Crippen molar-refractivity contribution in [2.75, 3.05) is 24.3 Å². The lowest BCUT2D eigenvalue weighted by atomic mass is 10.0. The quantitative estimate of drug-likeness (QED) is 0.546. The lowest BCUT2D eigenvalue weighted by Crippen LogP contribution is -2.08. The normalized spacial score (nSPS) is 10.9. The van der Waals surface area contributed by atoms with Crippen LogP contribution in [-0.2, 0) is 0 Å². The summed E-state index contributed by atoms with van der Waals surface area (Å²) in [7, 11) is 4.01. The van der Waals surface area contributed by atoms with Crippen molar-refractivity contribution in [2.24, 2.45) is 0 Å². The Morgan fingerprint density at radius 2 is 1.62 bits per heavy atom. The molecule has 3 aromatic carbocycles. The van der Waals surface area contributed by atoms with Crippen LogP contribution in [0.15, 0.2) is 79.0 Å². The second kappa shape index (κ2) is 7.01. The average Bonchev–Trinajstić information content (AvgIpc) is 2.61. The summed E-state index contributed by atoms with van der Waals surface area (Å²) in [5.74, 6) is -0.00999. The van der Waals surface area contributed by atoms with Crippen LogP contribution >= 0.6 is 0 Å². The zero-order chi connectivity index (χ0) is 16.9. The number of carbonyl (C=O) groups excluding carboxylic acids is 1. The van der Waals surface area contributed by atoms with Gasteiger partial charge in [-0.05, 0) is 35.0 Å². The summed E-state index contributed by atoms with van der Waals surface area (Å²) in [6.07, 6.45) is 3.26. The summed E-state index contributed by atoms with van der Waals surface area (Å²) < 4.78 is 0. The summed E-state index contributed by atoms with van der Waals surface area (Å²) in [5.41, 5.74) is 2.80. The van der Waals surface area contributed by atoms with Crippen LogP contribution in [0.4, 0.5) is 11.4 Å². The van der Waals surface area contributed by atoms with E-state index in [-0.39, 0.29) is 5.78 Å². The van der Waals surface area contributed by atoms with Gasteiger partial charge in [0.2, 0.25) is 0 Å². The van der Waals surface area contributed by atoms with Crippen molar-refractivity contribution in [1.82, 2.24) is 0 Å². The summed E-state index contributed by atoms with van der Waals surface area (Å²) in [6, 6.07) is 21.7. The molecule has 120 valence electrons. The second-order valence-corrected chi connectivity index (χ2v) is 5.81. The molecule has 3 nitrogen and oxygen atoms in total. The highest BCUT2D eigenvalue weighted by Gasteiger charge is 2.06. The summed E-state index contributed by atoms with van der Waals surface area (Å²) in [6.45, 7) is 0. The van der Waals surface area contributed by atoms with E-state index < -0.39 is 0 Å². The largest absolute Gasteiger partial charge is 0.378 e. The Morgan fingerprint density at radius 1 is 0.917 bits per heavy atom. The van der Waals surface area contributed by atoms with Crippen LogP contribution in [0.25, 0.3) is 10.8 Å². The first-order valence-corrected chi connectivity index (χ1v) is 7.88. The van der Waals surface area contributed by atoms with E-state index in [0.29, 0.717) is 5.56 Å². The maximum atomic E-state index is 12.5. The Balaban J connectivity index is 1.73. The Kier molecular flexibility index (Phi) is 4.62. The molecule has 3 rings (SSSR count). The van der Waals surface area contributed by atoms with Gasteiger partial charge in [-0.2, -0.15) is 0 Å². The van der Waals surface area contributed by atoms with Crippen LogP contribution in [0, 0.1) is 0 Å². The number of benzene rings is 3. The molecule has 0 aliphatic carbocycles. The van der Waals surface area contributed by atoms with Crippen LogP contribution in [0.2, 0.25) is 0 Å². The van der Waals surface area contributed by atoms with Gasteiger partial charge in [-0.1, -0.05) is 42.5 Å². The molecule has 0 bridgehead atoms. The maximum absolute atomic E-state index is 12.5. The Bertz CT molecular complexity index is 874. The average molecular weight is 316 g/mol. The Labute approximate surface area is 142 Å². The fourth-order valence-electron chi connectivity index (χ4n) is 2.60. The number of carbonyl (C=O) groups is 1. The van der Waals surface area contributed by atoms with E-state index in [2.05, 4.69) is 5.32 Å². The highest BCUT2D eigenvalue weighted by molar-refractivity contribution is 6.13. The van der Waals surface area contributed by atoms with E-state index in [9.17, 15) is 4.79 Å². The molecule has 0 fully saturated rings. The van der Waals surface area contributed by atoms with Gasteiger partial charge in [0.25, 0.3) is 0 Å². The molecule has 0 saturated heterocycles. The van der Waals surface area contributed by atoms with Crippen molar-refractivity contribution < 1.29 is 4.79 Å². The molecule has 1 N–H and O–H groups in total. The molecule has 0 amide bonds. The number of ketones is 1. The first-order valence-electron chi connectivity index (χ1n) is 7.88. The molecule has 0 saturated carbocycles. The number of fused-ring (bicyclic) bond motifs is 1. The summed E-state index contributed by atoms with van der Waals surface area (Å²) >= 11 is 0. The fourth-order valence-corrected chi connectivity index (χ4v) is 2.60. The molecular formula is C21H20N2O. The van der Waals surface area contributed by atoms with Crippen LogP contribution in [0.1, 0.15) is 10.4 Å². The minimum absolute atomic E-state index is 0.00999. The van der Waals surface area contributed by atoms with E-state index in [1.165, 1.54) is 0 Å². The number of hydrogen-bond donors (Lipinski definition) is 1. The van der Waals surface area contributed by atoms with Gasteiger partial charge in [0.05, 0.1) is 0 Å². The monoisotopic (exact) mass is 316 g/mol. The molecule has 0 aliphatic rings. The van der Waals surface area contributed by atoms with E-state index in [1.807, 2.05) is 85.7 Å². The predicted octanol–water partition coefficient (Wildman–Crippen LogP) is 4.71. The van der Waals surface area contributed by atoms with Gasteiger partial charge in [-0.25, -0.2) is 0 Å². The number of rotatable bonds is 5. The molecular weight excluding hydrogens is 296 g/mol. The SMILES string of the molecule is CN(C)c1ccc(N/C=C\C(=O)c2cccc3ccccc23)cc1. The van der Waals surface area contributed by atoms with Gasteiger partial charge in [0.15, 0.2) is 5.78 Å². The zero-order valence-corrected chi connectivity index (χ0v) is 13.9. The van der Waals surface area contributed by atoms with Crippen LogP contribution in [0.3, 0.4) is 0 Å². The maximum Gasteiger partial charge on any atom is 0.187 e. The zero-order valence-electron chi connectivity index (χ0n) is 13.9. The van der Waals surface area contributed by atoms with E-state index in [1.54, 1.807) is 12.3 Å². The molecule has 0 aliphatic heterocycles. The third-order valence-electron chi connectivity index (χ3n) is 3.92. The molecule has 24 heavy (non-hydrogen) atoms. The van der Waals surface area contributed by atoms with Gasteiger partial charge in [0, 0.05) is 43.3 Å². The molecule has 0 spiro atoms. The summed E-state index contributed by atoms with van der Waals surface area (Å²) in [4.78, 5) is 14.5. The topological polar surface area (TPSA) is 32.3 Å². The fraction of sp³-hybridized carbons (Fsp3) is 0.0952. The van der Waals surface area contributed by atoms with Crippen molar-refractivity contribution in [1.29, 1.82) is 0 Å². The lowest BCUT2D eigenvalue weighted by Gasteiger charge is -2.12. The van der Waals surface area contributed by atoms with Crippen molar-refractivity contribution >= 4 is 27.9 Å². The standard InChI is InChI=1S/C21H20N2O/c1-23(2)18-12-10-17(11-13-18)22-15-14-21(24)20-9-5-7-16-6-3-4-8-19(16)20/h3-15,22H,1-2H3/b15-14-. The van der Waals surface area contributed by atoms with E-state index >= 15 is 0 Å². The molecule has 0 heterocycles. The second-order valence-electron chi connectivity index (χ2n) is 5.81. The van der Waals surface area contributed by atoms with Crippen LogP contribution in [-0.4, -0.2) is 19.9 Å².